The highest BCUT2D eigenvalue weighted by atomic mass is 35.5. The lowest BCUT2D eigenvalue weighted by Gasteiger charge is -2.16. The second-order valence-electron chi connectivity index (χ2n) is 3.92. The first-order chi connectivity index (χ1) is 7.16. The van der Waals surface area contributed by atoms with E-state index in [2.05, 4.69) is 4.90 Å². The summed E-state index contributed by atoms with van der Waals surface area (Å²) in [4.78, 5) is 2.09. The van der Waals surface area contributed by atoms with E-state index in [1.807, 2.05) is 0 Å². The van der Waals surface area contributed by atoms with E-state index < -0.39 is 0 Å². The zero-order valence-electron chi connectivity index (χ0n) is 8.36. The van der Waals surface area contributed by atoms with Crippen LogP contribution in [0.4, 0.5) is 0 Å². The van der Waals surface area contributed by atoms with Crippen LogP contribution in [0, 0.1) is 0 Å². The summed E-state index contributed by atoms with van der Waals surface area (Å²) >= 11 is 6.00. The third kappa shape index (κ3) is 2.43. The van der Waals surface area contributed by atoms with E-state index in [-0.39, 0.29) is 11.9 Å². The first-order valence-electron chi connectivity index (χ1n) is 5.03. The molecule has 1 saturated heterocycles. The van der Waals surface area contributed by atoms with E-state index in [1.54, 1.807) is 18.2 Å². The van der Waals surface area contributed by atoms with Gasteiger partial charge >= 0.3 is 0 Å². The molecule has 0 unspecified atom stereocenters. The van der Waals surface area contributed by atoms with Gasteiger partial charge in [0.25, 0.3) is 0 Å². The lowest BCUT2D eigenvalue weighted by molar-refractivity contribution is 0.174. The Morgan fingerprint density at radius 3 is 2.87 bits per heavy atom. The van der Waals surface area contributed by atoms with Crippen LogP contribution >= 0.6 is 11.6 Å². The minimum atomic E-state index is -0.241. The van der Waals surface area contributed by atoms with Crippen LogP contribution in [0.2, 0.25) is 5.02 Å². The van der Waals surface area contributed by atoms with Gasteiger partial charge in [0.2, 0.25) is 0 Å². The van der Waals surface area contributed by atoms with Gasteiger partial charge in [0.15, 0.2) is 0 Å². The summed E-state index contributed by atoms with van der Waals surface area (Å²) in [6, 6.07) is 5.12. The van der Waals surface area contributed by atoms with Crippen molar-refractivity contribution >= 4 is 11.6 Å². The second-order valence-corrected chi connectivity index (χ2v) is 4.32. The van der Waals surface area contributed by atoms with Crippen molar-refractivity contribution in [3.05, 3.63) is 28.8 Å². The number of phenolic OH excluding ortho intramolecular Hbond substituents is 1. The Balaban J connectivity index is 2.10. The predicted molar refractivity (Wildman–Crippen MR) is 59.0 cm³/mol. The zero-order valence-corrected chi connectivity index (χ0v) is 9.11. The van der Waals surface area contributed by atoms with E-state index in [1.165, 1.54) is 0 Å². The zero-order chi connectivity index (χ0) is 10.8. The van der Waals surface area contributed by atoms with Gasteiger partial charge in [0, 0.05) is 30.2 Å². The van der Waals surface area contributed by atoms with Crippen molar-refractivity contribution in [2.45, 2.75) is 19.1 Å². The van der Waals surface area contributed by atoms with Gasteiger partial charge in [0.1, 0.15) is 5.75 Å². The van der Waals surface area contributed by atoms with Crippen LogP contribution in [0.1, 0.15) is 12.0 Å². The number of rotatable bonds is 2. The van der Waals surface area contributed by atoms with E-state index in [0.29, 0.717) is 18.1 Å². The van der Waals surface area contributed by atoms with Gasteiger partial charge in [-0.15, -0.1) is 0 Å². The normalized spacial score (nSPS) is 22.1. The summed E-state index contributed by atoms with van der Waals surface area (Å²) in [6.45, 7) is 2.11. The SMILES string of the molecule is Oc1cccc(Cl)c1CN1CC[C@@H](O)C1. The number of β-amino-alcohol motifs (C(OH)–C–C–N with tert-alkyl or cyclic N) is 1. The first kappa shape index (κ1) is 10.7. The van der Waals surface area contributed by atoms with Gasteiger partial charge in [-0.1, -0.05) is 17.7 Å². The Bertz CT molecular complexity index is 336. The maximum Gasteiger partial charge on any atom is 0.121 e. The maximum absolute atomic E-state index is 9.64. The summed E-state index contributed by atoms with van der Waals surface area (Å²) in [5, 5.41) is 19.6. The van der Waals surface area contributed by atoms with Crippen molar-refractivity contribution in [2.75, 3.05) is 13.1 Å². The van der Waals surface area contributed by atoms with E-state index >= 15 is 0 Å². The molecule has 1 aliphatic heterocycles. The quantitative estimate of drug-likeness (QED) is 0.807. The summed E-state index contributed by atoms with van der Waals surface area (Å²) in [7, 11) is 0. The number of aliphatic hydroxyl groups excluding tert-OH is 1. The molecule has 1 aromatic carbocycles. The highest BCUT2D eigenvalue weighted by Gasteiger charge is 2.21. The minimum absolute atomic E-state index is 0.226. The Labute approximate surface area is 93.9 Å². The van der Waals surface area contributed by atoms with Gasteiger partial charge in [-0.05, 0) is 18.6 Å². The molecule has 4 heteroatoms. The third-order valence-electron chi connectivity index (χ3n) is 2.72. The van der Waals surface area contributed by atoms with Gasteiger partial charge < -0.3 is 10.2 Å². The van der Waals surface area contributed by atoms with E-state index in [0.717, 1.165) is 18.5 Å². The summed E-state index contributed by atoms with van der Waals surface area (Å²) in [5.74, 6) is 0.226. The van der Waals surface area contributed by atoms with Gasteiger partial charge in [-0.3, -0.25) is 4.90 Å². The van der Waals surface area contributed by atoms with Crippen LogP contribution in [0.3, 0.4) is 0 Å². The number of aromatic hydroxyl groups is 1. The number of halogens is 1. The topological polar surface area (TPSA) is 43.7 Å². The number of hydrogen-bond acceptors (Lipinski definition) is 3. The average molecular weight is 228 g/mol. The molecule has 0 amide bonds. The lowest BCUT2D eigenvalue weighted by atomic mass is 10.2. The van der Waals surface area contributed by atoms with Crippen LogP contribution < -0.4 is 0 Å². The van der Waals surface area contributed by atoms with Gasteiger partial charge in [0.05, 0.1) is 6.10 Å². The summed E-state index contributed by atoms with van der Waals surface area (Å²) < 4.78 is 0. The van der Waals surface area contributed by atoms with Gasteiger partial charge in [-0.2, -0.15) is 0 Å². The molecule has 15 heavy (non-hydrogen) atoms. The van der Waals surface area contributed by atoms with Crippen LogP contribution in [0.5, 0.6) is 5.75 Å². The molecule has 1 heterocycles. The molecule has 0 aromatic heterocycles. The molecule has 3 nitrogen and oxygen atoms in total. The highest BCUT2D eigenvalue weighted by molar-refractivity contribution is 6.31. The molecule has 1 aromatic rings. The van der Waals surface area contributed by atoms with Crippen LogP contribution in [-0.2, 0) is 6.54 Å². The molecule has 1 aliphatic rings. The number of benzene rings is 1. The number of nitrogens with zero attached hydrogens (tertiary/aromatic N) is 1. The largest absolute Gasteiger partial charge is 0.508 e. The molecular formula is C11H14ClNO2. The fourth-order valence-corrected chi connectivity index (χ4v) is 2.11. The van der Waals surface area contributed by atoms with Crippen molar-refractivity contribution < 1.29 is 10.2 Å². The molecule has 0 aliphatic carbocycles. The van der Waals surface area contributed by atoms with Crippen molar-refractivity contribution in [1.29, 1.82) is 0 Å². The molecule has 0 radical (unpaired) electrons. The van der Waals surface area contributed by atoms with Gasteiger partial charge in [-0.25, -0.2) is 0 Å². The van der Waals surface area contributed by atoms with E-state index in [9.17, 15) is 10.2 Å². The third-order valence-corrected chi connectivity index (χ3v) is 3.08. The molecule has 0 bridgehead atoms. The molecule has 1 fully saturated rings. The van der Waals surface area contributed by atoms with Crippen LogP contribution in [0.25, 0.3) is 0 Å². The molecule has 2 N–H and O–H groups in total. The number of likely N-dealkylation sites (tertiary alicyclic amines) is 1. The number of hydrogen-bond donors (Lipinski definition) is 2. The molecule has 0 saturated carbocycles. The Kier molecular flexibility index (Phi) is 3.14. The molecular weight excluding hydrogens is 214 g/mol. The molecule has 0 spiro atoms. The highest BCUT2D eigenvalue weighted by Crippen LogP contribution is 2.27. The van der Waals surface area contributed by atoms with E-state index in [4.69, 9.17) is 11.6 Å². The van der Waals surface area contributed by atoms with Crippen molar-refractivity contribution in [3.63, 3.8) is 0 Å². The lowest BCUT2D eigenvalue weighted by Crippen LogP contribution is -2.21. The fourth-order valence-electron chi connectivity index (χ4n) is 1.88. The number of aliphatic hydroxyl groups is 1. The Morgan fingerprint density at radius 1 is 1.47 bits per heavy atom. The van der Waals surface area contributed by atoms with Crippen molar-refractivity contribution in [1.82, 2.24) is 4.90 Å². The van der Waals surface area contributed by atoms with Crippen molar-refractivity contribution in [3.8, 4) is 5.75 Å². The minimum Gasteiger partial charge on any atom is -0.508 e. The summed E-state index contributed by atoms with van der Waals surface area (Å²) in [5.41, 5.74) is 0.744. The van der Waals surface area contributed by atoms with Crippen LogP contribution in [0.15, 0.2) is 18.2 Å². The Morgan fingerprint density at radius 2 is 2.27 bits per heavy atom. The van der Waals surface area contributed by atoms with Crippen LogP contribution in [-0.4, -0.2) is 34.3 Å². The molecule has 82 valence electrons. The predicted octanol–water partition coefficient (Wildman–Crippen LogP) is 1.61. The average Bonchev–Trinajstić information content (AvgIpc) is 2.58. The Hall–Kier alpha value is -0.770. The van der Waals surface area contributed by atoms with Crippen molar-refractivity contribution in [2.24, 2.45) is 0 Å². The monoisotopic (exact) mass is 227 g/mol. The maximum atomic E-state index is 9.64. The standard InChI is InChI=1S/C11H14ClNO2/c12-10-2-1-3-11(15)9(10)7-13-5-4-8(14)6-13/h1-3,8,14-15H,4-7H2/t8-/m1/s1. The summed E-state index contributed by atoms with van der Waals surface area (Å²) in [6.07, 6.45) is 0.556. The molecule has 2 rings (SSSR count). The fraction of sp³-hybridized carbons (Fsp3) is 0.455. The first-order valence-corrected chi connectivity index (χ1v) is 5.41. The smallest absolute Gasteiger partial charge is 0.121 e. The molecule has 1 atom stereocenters. The second kappa shape index (κ2) is 4.39. The number of phenols is 1.